The molecule has 0 aliphatic carbocycles. The van der Waals surface area contributed by atoms with E-state index in [1.54, 1.807) is 6.20 Å². The highest BCUT2D eigenvalue weighted by Gasteiger charge is 2.25. The van der Waals surface area contributed by atoms with Crippen molar-refractivity contribution in [1.29, 1.82) is 0 Å². The number of carbonyl (C=O) groups is 2. The fourth-order valence-electron chi connectivity index (χ4n) is 3.01. The molecule has 1 atom stereocenters. The molecule has 4 rings (SSSR count). The van der Waals surface area contributed by atoms with E-state index in [0.717, 1.165) is 22.3 Å². The second-order valence-electron chi connectivity index (χ2n) is 6.35. The van der Waals surface area contributed by atoms with Crippen LogP contribution in [0.5, 0.6) is 0 Å². The Hall–Kier alpha value is -3.55. The first-order chi connectivity index (χ1) is 12.9. The first-order valence-electron chi connectivity index (χ1n) is 8.46. The maximum absolute atomic E-state index is 12.7. The maximum Gasteiger partial charge on any atom is 0.379 e. The number of para-hydroxylation sites is 1. The van der Waals surface area contributed by atoms with Gasteiger partial charge in [-0.3, -0.25) is 4.79 Å². The summed E-state index contributed by atoms with van der Waals surface area (Å²) < 4.78 is 6.77. The number of carbonyl (C=O) groups excluding carboxylic acids is 2. The van der Waals surface area contributed by atoms with Crippen molar-refractivity contribution in [3.05, 3.63) is 59.3 Å². The molecule has 0 saturated heterocycles. The third kappa shape index (κ3) is 2.95. The number of aromatic amines is 1. The van der Waals surface area contributed by atoms with E-state index < -0.39 is 12.1 Å². The summed E-state index contributed by atoms with van der Waals surface area (Å²) in [6.45, 7) is 5.21. The average molecular weight is 363 g/mol. The van der Waals surface area contributed by atoms with Crippen molar-refractivity contribution in [3.8, 4) is 0 Å². The predicted octanol–water partition coefficient (Wildman–Crippen LogP) is 2.65. The van der Waals surface area contributed by atoms with Crippen LogP contribution in [0.15, 0.2) is 36.5 Å². The van der Waals surface area contributed by atoms with E-state index in [2.05, 4.69) is 20.1 Å². The topological polar surface area (TPSA) is 102 Å². The summed E-state index contributed by atoms with van der Waals surface area (Å²) >= 11 is 0. The third-order valence-electron chi connectivity index (χ3n) is 4.31. The molecule has 1 N–H and O–H groups in total. The Kier molecular flexibility index (Phi) is 3.95. The van der Waals surface area contributed by atoms with Gasteiger partial charge in [-0.05, 0) is 32.9 Å². The van der Waals surface area contributed by atoms with Crippen LogP contribution in [0.3, 0.4) is 0 Å². The number of rotatable bonds is 4. The van der Waals surface area contributed by atoms with Crippen molar-refractivity contribution in [3.63, 3.8) is 0 Å². The lowest BCUT2D eigenvalue weighted by molar-refractivity contribution is 0.0308. The van der Waals surface area contributed by atoms with E-state index in [4.69, 9.17) is 4.74 Å². The van der Waals surface area contributed by atoms with Crippen molar-refractivity contribution in [2.24, 2.45) is 0 Å². The fourth-order valence-corrected chi connectivity index (χ4v) is 3.01. The Morgan fingerprint density at radius 1 is 1.19 bits per heavy atom. The van der Waals surface area contributed by atoms with Gasteiger partial charge in [0.25, 0.3) is 11.6 Å². The number of ether oxygens (including phenoxy) is 1. The van der Waals surface area contributed by atoms with Gasteiger partial charge in [-0.1, -0.05) is 18.2 Å². The largest absolute Gasteiger partial charge is 0.448 e. The first-order valence-corrected chi connectivity index (χ1v) is 8.46. The van der Waals surface area contributed by atoms with Crippen molar-refractivity contribution in [1.82, 2.24) is 24.6 Å². The number of fused-ring (bicyclic) bond motifs is 2. The molecule has 0 aliphatic heterocycles. The molecule has 0 radical (unpaired) electrons. The molecule has 0 spiro atoms. The zero-order valence-corrected chi connectivity index (χ0v) is 15.1. The van der Waals surface area contributed by atoms with Crippen molar-refractivity contribution >= 4 is 28.4 Å². The van der Waals surface area contributed by atoms with Gasteiger partial charge in [-0.25, -0.2) is 14.3 Å². The van der Waals surface area contributed by atoms with Crippen LogP contribution in [-0.4, -0.2) is 42.4 Å². The summed E-state index contributed by atoms with van der Waals surface area (Å²) in [7, 11) is 0. The SMILES string of the molecule is Cc1cc(C)n2nc(C(=O)OC(C)C(=O)c3c[nH]c4ccccc34)nc2n1. The summed E-state index contributed by atoms with van der Waals surface area (Å²) in [6.07, 6.45) is 0.649. The van der Waals surface area contributed by atoms with E-state index in [0.29, 0.717) is 11.3 Å². The number of aryl methyl sites for hydroxylation is 2. The summed E-state index contributed by atoms with van der Waals surface area (Å²) in [6, 6.07) is 9.28. The van der Waals surface area contributed by atoms with Crippen LogP contribution < -0.4 is 0 Å². The maximum atomic E-state index is 12.7. The predicted molar refractivity (Wildman–Crippen MR) is 97.8 cm³/mol. The van der Waals surface area contributed by atoms with E-state index in [9.17, 15) is 9.59 Å². The number of ketones is 1. The molecule has 3 aromatic heterocycles. The third-order valence-corrected chi connectivity index (χ3v) is 4.31. The Bertz CT molecular complexity index is 1190. The van der Waals surface area contributed by atoms with Gasteiger partial charge < -0.3 is 9.72 Å². The van der Waals surface area contributed by atoms with Crippen LogP contribution in [0, 0.1) is 13.8 Å². The Labute approximate surface area is 154 Å². The van der Waals surface area contributed by atoms with Gasteiger partial charge in [0.1, 0.15) is 0 Å². The molecule has 27 heavy (non-hydrogen) atoms. The highest BCUT2D eigenvalue weighted by molar-refractivity contribution is 6.10. The monoisotopic (exact) mass is 363 g/mol. The van der Waals surface area contributed by atoms with E-state index in [-0.39, 0.29) is 11.6 Å². The molecular weight excluding hydrogens is 346 g/mol. The van der Waals surface area contributed by atoms with E-state index in [1.165, 1.54) is 11.4 Å². The number of Topliss-reactive ketones (excluding diaryl/α,β-unsaturated/α-hetero) is 1. The second kappa shape index (κ2) is 6.31. The summed E-state index contributed by atoms with van der Waals surface area (Å²) in [5, 5.41) is 4.91. The van der Waals surface area contributed by atoms with Crippen molar-refractivity contribution < 1.29 is 14.3 Å². The molecule has 0 aliphatic rings. The van der Waals surface area contributed by atoms with Crippen LogP contribution in [-0.2, 0) is 4.74 Å². The zero-order valence-electron chi connectivity index (χ0n) is 15.1. The number of H-pyrrole nitrogens is 1. The van der Waals surface area contributed by atoms with Gasteiger partial charge in [-0.15, -0.1) is 5.10 Å². The number of benzene rings is 1. The summed E-state index contributed by atoms with van der Waals surface area (Å²) in [4.78, 5) is 36.5. The molecule has 1 aromatic carbocycles. The number of esters is 1. The van der Waals surface area contributed by atoms with Crippen LogP contribution in [0.2, 0.25) is 0 Å². The van der Waals surface area contributed by atoms with Gasteiger partial charge >= 0.3 is 5.97 Å². The van der Waals surface area contributed by atoms with Crippen LogP contribution >= 0.6 is 0 Å². The Balaban J connectivity index is 1.57. The number of nitrogens with one attached hydrogen (secondary N) is 1. The Morgan fingerprint density at radius 2 is 1.96 bits per heavy atom. The lowest BCUT2D eigenvalue weighted by Gasteiger charge is -2.10. The van der Waals surface area contributed by atoms with Crippen LogP contribution in [0.1, 0.15) is 39.3 Å². The summed E-state index contributed by atoms with van der Waals surface area (Å²) in [5.74, 6) is -0.877. The van der Waals surface area contributed by atoms with Crippen molar-refractivity contribution in [2.45, 2.75) is 26.9 Å². The molecule has 3 heterocycles. The minimum Gasteiger partial charge on any atom is -0.448 e. The molecule has 0 fully saturated rings. The molecule has 136 valence electrons. The van der Waals surface area contributed by atoms with E-state index >= 15 is 0 Å². The molecule has 0 amide bonds. The summed E-state index contributed by atoms with van der Waals surface area (Å²) in [5.41, 5.74) is 2.89. The normalized spacial score (nSPS) is 12.4. The van der Waals surface area contributed by atoms with Crippen LogP contribution in [0.25, 0.3) is 16.7 Å². The van der Waals surface area contributed by atoms with Gasteiger partial charge in [-0.2, -0.15) is 4.98 Å². The highest BCUT2D eigenvalue weighted by atomic mass is 16.5. The number of hydrogen-bond acceptors (Lipinski definition) is 6. The lowest BCUT2D eigenvalue weighted by atomic mass is 10.1. The van der Waals surface area contributed by atoms with Crippen LogP contribution in [0.4, 0.5) is 0 Å². The fraction of sp³-hybridized carbons (Fsp3) is 0.211. The Morgan fingerprint density at radius 3 is 2.78 bits per heavy atom. The van der Waals surface area contributed by atoms with E-state index in [1.807, 2.05) is 44.2 Å². The minimum absolute atomic E-state index is 0.130. The smallest absolute Gasteiger partial charge is 0.379 e. The first kappa shape index (κ1) is 16.9. The quantitative estimate of drug-likeness (QED) is 0.442. The average Bonchev–Trinajstić information content (AvgIpc) is 3.25. The lowest BCUT2D eigenvalue weighted by Crippen LogP contribution is -2.25. The molecule has 8 heteroatoms. The molecular formula is C19H17N5O3. The van der Waals surface area contributed by atoms with Crippen molar-refractivity contribution in [2.75, 3.05) is 0 Å². The standard InChI is InChI=1S/C19H17N5O3/c1-10-8-11(2)24-19(21-10)22-17(23-24)18(26)27-12(3)16(25)14-9-20-15-7-5-4-6-13(14)15/h4-9,12,20H,1-3H3. The molecule has 4 aromatic rings. The minimum atomic E-state index is -0.973. The van der Waals surface area contributed by atoms with Gasteiger partial charge in [0.05, 0.1) is 0 Å². The number of hydrogen-bond donors (Lipinski definition) is 1. The molecule has 0 saturated carbocycles. The number of nitrogens with zero attached hydrogens (tertiary/aromatic N) is 4. The van der Waals surface area contributed by atoms with Gasteiger partial charge in [0, 0.05) is 34.1 Å². The zero-order chi connectivity index (χ0) is 19.1. The van der Waals surface area contributed by atoms with Gasteiger partial charge in [0.2, 0.25) is 5.78 Å². The van der Waals surface area contributed by atoms with Gasteiger partial charge in [0.15, 0.2) is 6.10 Å². The highest BCUT2D eigenvalue weighted by Crippen LogP contribution is 2.20. The number of aromatic nitrogens is 5. The molecule has 1 unspecified atom stereocenters. The molecule has 8 nitrogen and oxygen atoms in total. The molecule has 0 bridgehead atoms. The second-order valence-corrected chi connectivity index (χ2v) is 6.35.